The zero-order valence-electron chi connectivity index (χ0n) is 20.1. The maximum Gasteiger partial charge on any atom is 0.423 e. The van der Waals surface area contributed by atoms with E-state index in [0.29, 0.717) is 12.3 Å². The van der Waals surface area contributed by atoms with E-state index in [2.05, 4.69) is 19.8 Å². The van der Waals surface area contributed by atoms with E-state index in [0.717, 1.165) is 0 Å². The monoisotopic (exact) mass is 584 g/mol. The van der Waals surface area contributed by atoms with Crippen LogP contribution in [0.4, 0.5) is 18.0 Å². The van der Waals surface area contributed by atoms with Crippen LogP contribution in [0.15, 0.2) is 30.5 Å². The maximum absolute atomic E-state index is 12.9. The van der Waals surface area contributed by atoms with Crippen LogP contribution in [-0.2, 0) is 36.7 Å². The highest BCUT2D eigenvalue weighted by atomic mass is 35.5. The Balaban J connectivity index is 2.14. The molecule has 0 aliphatic carbocycles. The summed E-state index contributed by atoms with van der Waals surface area (Å²) in [6, 6.07) is 4.97. The molecule has 2 aromatic rings. The van der Waals surface area contributed by atoms with Crippen LogP contribution in [0.25, 0.3) is 0 Å². The van der Waals surface area contributed by atoms with Gasteiger partial charge in [-0.1, -0.05) is 11.6 Å². The molecule has 2 rings (SSSR count). The summed E-state index contributed by atoms with van der Waals surface area (Å²) >= 11 is 5.93. The number of carbonyl (C=O) groups excluding carboxylic acids is 2. The van der Waals surface area contributed by atoms with Crippen molar-refractivity contribution in [2.75, 3.05) is 33.4 Å². The van der Waals surface area contributed by atoms with Gasteiger partial charge in [-0.25, -0.2) is 9.78 Å². The first-order chi connectivity index (χ1) is 17.8. The van der Waals surface area contributed by atoms with Crippen LogP contribution in [0, 0.1) is 0 Å². The highest BCUT2D eigenvalue weighted by Crippen LogP contribution is 2.36. The molecule has 0 saturated carbocycles. The summed E-state index contributed by atoms with van der Waals surface area (Å²) in [4.78, 5) is 26.4. The predicted octanol–water partition coefficient (Wildman–Crippen LogP) is 2.77. The van der Waals surface area contributed by atoms with Gasteiger partial charge >= 0.3 is 22.6 Å². The van der Waals surface area contributed by atoms with Gasteiger partial charge in [0.25, 0.3) is 0 Å². The number of halogens is 4. The summed E-state index contributed by atoms with van der Waals surface area (Å²) < 4.78 is 84.8. The van der Waals surface area contributed by atoms with E-state index in [4.69, 9.17) is 25.8 Å². The molecule has 0 unspecified atom stereocenters. The van der Waals surface area contributed by atoms with Gasteiger partial charge < -0.3 is 29.0 Å². The molecule has 0 bridgehead atoms. The van der Waals surface area contributed by atoms with Crippen molar-refractivity contribution >= 4 is 33.9 Å². The van der Waals surface area contributed by atoms with E-state index >= 15 is 0 Å². The second-order valence-corrected chi connectivity index (χ2v) is 9.05. The van der Waals surface area contributed by atoms with Crippen LogP contribution < -0.4 is 24.8 Å². The molecule has 1 aromatic carbocycles. The molecule has 1 heterocycles. The number of hydrogen-bond donors (Lipinski definition) is 3. The molecule has 0 radical (unpaired) electrons. The fraction of sp³-hybridized carbons (Fsp3) is 0.381. The van der Waals surface area contributed by atoms with Crippen molar-refractivity contribution in [2.45, 2.75) is 19.6 Å². The minimum Gasteiger partial charge on any atom is -0.491 e. The summed E-state index contributed by atoms with van der Waals surface area (Å²) in [5, 5.41) is 4.14. The van der Waals surface area contributed by atoms with E-state index in [-0.39, 0.29) is 61.7 Å². The van der Waals surface area contributed by atoms with Gasteiger partial charge in [-0.05, 0) is 18.2 Å². The van der Waals surface area contributed by atoms with E-state index in [9.17, 15) is 31.2 Å². The fourth-order valence-electron chi connectivity index (χ4n) is 2.61. The molecule has 0 saturated heterocycles. The van der Waals surface area contributed by atoms with E-state index in [1.54, 1.807) is 0 Å². The Bertz CT molecular complexity index is 1230. The van der Waals surface area contributed by atoms with Crippen molar-refractivity contribution in [3.05, 3.63) is 46.6 Å². The Hall–Kier alpha value is -3.34. The quantitative estimate of drug-likeness (QED) is 0.301. The maximum atomic E-state index is 12.9. The standard InChI is InChI=1S/C21H24ClF3N4O8S/c1-13(30)26-5-6-29-38(32,33)37-20(31)28-11-14-3-4-16(35-8-7-34-2)10-18(14)36-19-17(22)9-15(12-27-19)21(23,24)25/h3-4,9-10,12,29H,5-8,11H2,1-2H3,(H,26,30)(H,28,31). The smallest absolute Gasteiger partial charge is 0.423 e. The van der Waals surface area contributed by atoms with Crippen LogP contribution >= 0.6 is 11.6 Å². The lowest BCUT2D eigenvalue weighted by Gasteiger charge is -2.15. The number of nitrogens with zero attached hydrogens (tertiary/aromatic N) is 1. The average Bonchev–Trinajstić information content (AvgIpc) is 2.81. The number of aromatic nitrogens is 1. The minimum absolute atomic E-state index is 0.00864. The third kappa shape index (κ3) is 10.6. The van der Waals surface area contributed by atoms with E-state index in [1.165, 1.54) is 32.2 Å². The van der Waals surface area contributed by atoms with Gasteiger partial charge in [-0.3, -0.25) is 4.79 Å². The number of ether oxygens (including phenoxy) is 3. The molecular weight excluding hydrogens is 561 g/mol. The zero-order chi connectivity index (χ0) is 28.3. The molecule has 12 nitrogen and oxygen atoms in total. The predicted molar refractivity (Wildman–Crippen MR) is 127 cm³/mol. The van der Waals surface area contributed by atoms with Gasteiger partial charge in [-0.15, -0.1) is 0 Å². The Labute approximate surface area is 221 Å². The highest BCUT2D eigenvalue weighted by molar-refractivity contribution is 7.85. The summed E-state index contributed by atoms with van der Waals surface area (Å²) in [6.45, 7) is 1.11. The first-order valence-electron chi connectivity index (χ1n) is 10.7. The van der Waals surface area contributed by atoms with Gasteiger partial charge in [0.1, 0.15) is 23.1 Å². The Morgan fingerprint density at radius 2 is 1.84 bits per heavy atom. The normalized spacial score (nSPS) is 11.5. The molecule has 2 amide bonds. The number of benzene rings is 1. The lowest BCUT2D eigenvalue weighted by atomic mass is 10.2. The van der Waals surface area contributed by atoms with Gasteiger partial charge in [0.05, 0.1) is 12.2 Å². The largest absolute Gasteiger partial charge is 0.491 e. The summed E-state index contributed by atoms with van der Waals surface area (Å²) in [5.74, 6) is -0.449. The molecular formula is C21H24ClF3N4O8S. The lowest BCUT2D eigenvalue weighted by molar-refractivity contribution is -0.137. The topological polar surface area (TPSA) is 154 Å². The number of amides is 2. The zero-order valence-corrected chi connectivity index (χ0v) is 21.6. The van der Waals surface area contributed by atoms with Crippen molar-refractivity contribution in [2.24, 2.45) is 0 Å². The molecule has 38 heavy (non-hydrogen) atoms. The number of rotatable bonds is 13. The number of pyridine rings is 1. The lowest BCUT2D eigenvalue weighted by Crippen LogP contribution is -2.37. The molecule has 0 fully saturated rings. The highest BCUT2D eigenvalue weighted by Gasteiger charge is 2.32. The SMILES string of the molecule is COCCOc1ccc(CNC(=O)OS(=O)(=O)NCCNC(C)=O)c(Oc2ncc(C(F)(F)F)cc2Cl)c1. The van der Waals surface area contributed by atoms with Crippen molar-refractivity contribution < 1.29 is 49.6 Å². The molecule has 0 aliphatic heterocycles. The van der Waals surface area contributed by atoms with Gasteiger partial charge in [0.2, 0.25) is 11.8 Å². The van der Waals surface area contributed by atoms with Crippen molar-refractivity contribution in [3.8, 4) is 17.4 Å². The van der Waals surface area contributed by atoms with Crippen LogP contribution in [0.2, 0.25) is 5.02 Å². The van der Waals surface area contributed by atoms with E-state index in [1.807, 2.05) is 4.72 Å². The van der Waals surface area contributed by atoms with Crippen molar-refractivity contribution in [1.82, 2.24) is 20.3 Å². The number of methoxy groups -OCH3 is 1. The Morgan fingerprint density at radius 1 is 1.11 bits per heavy atom. The first kappa shape index (κ1) is 30.9. The molecule has 1 aromatic heterocycles. The molecule has 0 atom stereocenters. The second-order valence-electron chi connectivity index (χ2n) is 7.28. The number of nitrogens with one attached hydrogen (secondary N) is 3. The Kier molecular flexibility index (Phi) is 11.4. The average molecular weight is 585 g/mol. The Morgan fingerprint density at radius 3 is 2.47 bits per heavy atom. The third-order valence-electron chi connectivity index (χ3n) is 4.32. The van der Waals surface area contributed by atoms with Gasteiger partial charge in [-0.2, -0.15) is 26.3 Å². The molecule has 0 aliphatic rings. The molecule has 3 N–H and O–H groups in total. The minimum atomic E-state index is -4.67. The number of carbonyl (C=O) groups is 2. The number of hydrogen-bond acceptors (Lipinski definition) is 9. The fourth-order valence-corrected chi connectivity index (χ4v) is 3.48. The molecule has 0 spiro atoms. The van der Waals surface area contributed by atoms with Gasteiger partial charge in [0, 0.05) is 51.5 Å². The van der Waals surface area contributed by atoms with Gasteiger partial charge in [0.15, 0.2) is 0 Å². The third-order valence-corrected chi connectivity index (χ3v) is 5.52. The van der Waals surface area contributed by atoms with Crippen LogP contribution in [0.5, 0.6) is 17.4 Å². The summed E-state index contributed by atoms with van der Waals surface area (Å²) in [7, 11) is -3.00. The van der Waals surface area contributed by atoms with Crippen molar-refractivity contribution in [1.29, 1.82) is 0 Å². The summed E-state index contributed by atoms with van der Waals surface area (Å²) in [6.07, 6.45) is -5.47. The molecule has 17 heteroatoms. The van der Waals surface area contributed by atoms with Crippen LogP contribution in [-0.4, -0.2) is 58.8 Å². The first-order valence-corrected chi connectivity index (χ1v) is 12.5. The summed E-state index contributed by atoms with van der Waals surface area (Å²) in [5.41, 5.74) is -0.835. The van der Waals surface area contributed by atoms with Crippen LogP contribution in [0.3, 0.4) is 0 Å². The van der Waals surface area contributed by atoms with Crippen molar-refractivity contribution in [3.63, 3.8) is 0 Å². The molecule has 210 valence electrons. The van der Waals surface area contributed by atoms with Crippen LogP contribution in [0.1, 0.15) is 18.1 Å². The van der Waals surface area contributed by atoms with E-state index < -0.39 is 33.2 Å². The second kappa shape index (κ2) is 14.0. The number of alkyl halides is 3.